The van der Waals surface area contributed by atoms with E-state index in [0.717, 1.165) is 24.8 Å². The molecule has 0 saturated carbocycles. The Balaban J connectivity index is 1.90. The van der Waals surface area contributed by atoms with Crippen LogP contribution in [0.1, 0.15) is 47.0 Å². The molecule has 25 heavy (non-hydrogen) atoms. The van der Waals surface area contributed by atoms with Crippen molar-refractivity contribution in [3.63, 3.8) is 0 Å². The summed E-state index contributed by atoms with van der Waals surface area (Å²) in [5.41, 5.74) is 5.92. The van der Waals surface area contributed by atoms with Crippen molar-refractivity contribution < 1.29 is 23.8 Å². The van der Waals surface area contributed by atoms with Gasteiger partial charge in [0, 0.05) is 0 Å². The van der Waals surface area contributed by atoms with Crippen LogP contribution in [0, 0.1) is 0 Å². The standard InChI is InChI=1S/C18H24N2O5/c1-5-12-7-6-8-13(9-12)14-10-23-11-15(24-14)16(21)19-20-17(22)25-18(2,3)4/h7,9-11H,5-6,8H2,1-4H3,(H,19,21)(H,20,22). The second-order valence-corrected chi connectivity index (χ2v) is 6.62. The third-order valence-electron chi connectivity index (χ3n) is 3.38. The topological polar surface area (TPSA) is 85.9 Å². The summed E-state index contributed by atoms with van der Waals surface area (Å²) in [4.78, 5) is 23.7. The largest absolute Gasteiger partial charge is 0.465 e. The van der Waals surface area contributed by atoms with Crippen molar-refractivity contribution in [1.82, 2.24) is 10.9 Å². The number of hydrogen-bond donors (Lipinski definition) is 2. The van der Waals surface area contributed by atoms with Gasteiger partial charge in [0.25, 0.3) is 0 Å². The van der Waals surface area contributed by atoms with Crippen LogP contribution in [0.15, 0.2) is 47.3 Å². The fraction of sp³-hybridized carbons (Fsp3) is 0.444. The molecule has 1 aliphatic carbocycles. The van der Waals surface area contributed by atoms with Gasteiger partial charge in [0.2, 0.25) is 5.76 Å². The molecule has 0 atom stereocenters. The van der Waals surface area contributed by atoms with E-state index in [0.29, 0.717) is 5.76 Å². The lowest BCUT2D eigenvalue weighted by atomic mass is 9.97. The summed E-state index contributed by atoms with van der Waals surface area (Å²) < 4.78 is 15.9. The monoisotopic (exact) mass is 348 g/mol. The van der Waals surface area contributed by atoms with Gasteiger partial charge in [-0.05, 0) is 45.6 Å². The zero-order valence-corrected chi connectivity index (χ0v) is 15.0. The SMILES string of the molecule is CCC1=CCCC(C2=COC=C(C(=O)NNC(=O)OC(C)(C)C)O2)=C1. The van der Waals surface area contributed by atoms with E-state index < -0.39 is 17.6 Å². The van der Waals surface area contributed by atoms with Gasteiger partial charge in [-0.2, -0.15) is 0 Å². The van der Waals surface area contributed by atoms with Crippen molar-refractivity contribution in [2.75, 3.05) is 0 Å². The van der Waals surface area contributed by atoms with E-state index in [1.165, 1.54) is 18.1 Å². The van der Waals surface area contributed by atoms with E-state index in [9.17, 15) is 9.59 Å². The number of hydrazine groups is 1. The molecule has 0 aromatic carbocycles. The molecule has 0 fully saturated rings. The van der Waals surface area contributed by atoms with Gasteiger partial charge < -0.3 is 14.2 Å². The number of amides is 2. The Hall–Kier alpha value is -2.70. The van der Waals surface area contributed by atoms with Crippen molar-refractivity contribution in [3.05, 3.63) is 47.3 Å². The number of nitrogens with one attached hydrogen (secondary N) is 2. The van der Waals surface area contributed by atoms with E-state index in [2.05, 4.69) is 23.9 Å². The first kappa shape index (κ1) is 18.6. The van der Waals surface area contributed by atoms with Gasteiger partial charge in [0.1, 0.15) is 18.1 Å². The summed E-state index contributed by atoms with van der Waals surface area (Å²) in [7, 11) is 0. The first-order valence-electron chi connectivity index (χ1n) is 8.21. The average Bonchev–Trinajstić information content (AvgIpc) is 2.58. The van der Waals surface area contributed by atoms with E-state index >= 15 is 0 Å². The second-order valence-electron chi connectivity index (χ2n) is 6.62. The van der Waals surface area contributed by atoms with Crippen molar-refractivity contribution in [1.29, 1.82) is 0 Å². The van der Waals surface area contributed by atoms with Crippen molar-refractivity contribution in [2.24, 2.45) is 0 Å². The Kier molecular flexibility index (Phi) is 5.90. The molecule has 0 aromatic rings. The van der Waals surface area contributed by atoms with Crippen LogP contribution in [0.2, 0.25) is 0 Å². The Bertz CT molecular complexity index is 665. The molecular weight excluding hydrogens is 324 g/mol. The molecule has 136 valence electrons. The lowest BCUT2D eigenvalue weighted by Gasteiger charge is -2.21. The van der Waals surface area contributed by atoms with Gasteiger partial charge in [0.15, 0.2) is 5.76 Å². The summed E-state index contributed by atoms with van der Waals surface area (Å²) in [6.07, 6.45) is 8.76. The van der Waals surface area contributed by atoms with Crippen LogP contribution < -0.4 is 10.9 Å². The lowest BCUT2D eigenvalue weighted by Crippen LogP contribution is -2.45. The summed E-state index contributed by atoms with van der Waals surface area (Å²) in [6, 6.07) is 0. The number of carbonyl (C=O) groups excluding carboxylic acids is 2. The van der Waals surface area contributed by atoms with Gasteiger partial charge in [-0.3, -0.25) is 10.2 Å². The number of rotatable bonds is 3. The van der Waals surface area contributed by atoms with Gasteiger partial charge in [0.05, 0.1) is 0 Å². The summed E-state index contributed by atoms with van der Waals surface area (Å²) >= 11 is 0. The highest BCUT2D eigenvalue weighted by molar-refractivity contribution is 5.92. The highest BCUT2D eigenvalue weighted by Gasteiger charge is 2.22. The minimum absolute atomic E-state index is 0.0536. The molecule has 1 aliphatic heterocycles. The first-order valence-corrected chi connectivity index (χ1v) is 8.21. The van der Waals surface area contributed by atoms with Gasteiger partial charge in [-0.25, -0.2) is 10.2 Å². The van der Waals surface area contributed by atoms with Gasteiger partial charge in [-0.15, -0.1) is 0 Å². The highest BCUT2D eigenvalue weighted by atomic mass is 16.6. The highest BCUT2D eigenvalue weighted by Crippen LogP contribution is 2.29. The van der Waals surface area contributed by atoms with Crippen LogP contribution >= 0.6 is 0 Å². The molecule has 2 rings (SSSR count). The number of allylic oxidation sites excluding steroid dienone is 4. The van der Waals surface area contributed by atoms with Crippen molar-refractivity contribution >= 4 is 12.0 Å². The zero-order chi connectivity index (χ0) is 18.4. The molecule has 0 spiro atoms. The third-order valence-corrected chi connectivity index (χ3v) is 3.38. The van der Waals surface area contributed by atoms with Crippen molar-refractivity contribution in [2.45, 2.75) is 52.6 Å². The van der Waals surface area contributed by atoms with Crippen LogP contribution in [0.3, 0.4) is 0 Å². The molecule has 0 aromatic heterocycles. The zero-order valence-electron chi connectivity index (χ0n) is 15.0. The maximum Gasteiger partial charge on any atom is 0.426 e. The quantitative estimate of drug-likeness (QED) is 0.764. The molecule has 0 bridgehead atoms. The molecule has 2 amide bonds. The van der Waals surface area contributed by atoms with E-state index in [4.69, 9.17) is 14.2 Å². The molecule has 0 saturated heterocycles. The van der Waals surface area contributed by atoms with Crippen LogP contribution in [0.5, 0.6) is 0 Å². The fourth-order valence-corrected chi connectivity index (χ4v) is 2.25. The molecule has 0 radical (unpaired) electrons. The Labute approximate surface area is 147 Å². The first-order chi connectivity index (χ1) is 11.8. The third kappa shape index (κ3) is 5.70. The van der Waals surface area contributed by atoms with Crippen molar-refractivity contribution in [3.8, 4) is 0 Å². The smallest absolute Gasteiger partial charge is 0.426 e. The lowest BCUT2D eigenvalue weighted by molar-refractivity contribution is -0.121. The number of ether oxygens (including phenoxy) is 3. The van der Waals surface area contributed by atoms with Crippen LogP contribution in [0.4, 0.5) is 4.79 Å². The van der Waals surface area contributed by atoms with Crippen LogP contribution in [0.25, 0.3) is 0 Å². The van der Waals surface area contributed by atoms with Crippen LogP contribution in [-0.2, 0) is 19.0 Å². The molecule has 2 aliphatic rings. The Morgan fingerprint density at radius 3 is 2.68 bits per heavy atom. The van der Waals surface area contributed by atoms with Gasteiger partial charge >= 0.3 is 12.0 Å². The minimum atomic E-state index is -0.762. The molecule has 0 unspecified atom stereocenters. The minimum Gasteiger partial charge on any atom is -0.465 e. The fourth-order valence-electron chi connectivity index (χ4n) is 2.25. The van der Waals surface area contributed by atoms with E-state index in [-0.39, 0.29) is 5.76 Å². The summed E-state index contributed by atoms with van der Waals surface area (Å²) in [6.45, 7) is 7.26. The normalized spacial score (nSPS) is 17.0. The second kappa shape index (κ2) is 7.92. The maximum absolute atomic E-state index is 12.1. The summed E-state index contributed by atoms with van der Waals surface area (Å²) in [5.74, 6) is -0.204. The van der Waals surface area contributed by atoms with Crippen LogP contribution in [-0.4, -0.2) is 17.6 Å². The number of hydrogen-bond acceptors (Lipinski definition) is 5. The molecule has 2 N–H and O–H groups in total. The molecule has 1 heterocycles. The average molecular weight is 348 g/mol. The van der Waals surface area contributed by atoms with E-state index in [1.54, 1.807) is 20.8 Å². The maximum atomic E-state index is 12.1. The molecule has 7 heteroatoms. The van der Waals surface area contributed by atoms with E-state index in [1.807, 2.05) is 6.08 Å². The summed E-state index contributed by atoms with van der Waals surface area (Å²) in [5, 5.41) is 0. The predicted octanol–water partition coefficient (Wildman–Crippen LogP) is 3.33. The van der Waals surface area contributed by atoms with Gasteiger partial charge in [-0.1, -0.05) is 24.6 Å². The predicted molar refractivity (Wildman–Crippen MR) is 91.5 cm³/mol. The molecule has 7 nitrogen and oxygen atoms in total. The molecular formula is C18H24N2O5. The number of carbonyl (C=O) groups is 2. The Morgan fingerprint density at radius 1 is 1.24 bits per heavy atom. The Morgan fingerprint density at radius 2 is 2.00 bits per heavy atom.